The van der Waals surface area contributed by atoms with Crippen molar-refractivity contribution >= 4 is 22.0 Å². The summed E-state index contributed by atoms with van der Waals surface area (Å²) < 4.78 is 71.4. The summed E-state index contributed by atoms with van der Waals surface area (Å²) in [7, 11) is -4.97. The number of carbonyl (C=O) groups is 2. The molecule has 1 unspecified atom stereocenters. The number of halogens is 3. The highest BCUT2D eigenvalue weighted by Crippen LogP contribution is 2.24. The monoisotopic (exact) mass is 383 g/mol. The Kier molecular flexibility index (Phi) is 7.37. The molecule has 7 nitrogen and oxygen atoms in total. The van der Waals surface area contributed by atoms with Crippen LogP contribution in [0.3, 0.4) is 0 Å². The lowest BCUT2D eigenvalue weighted by atomic mass is 10.2. The number of hydrogen-bond donors (Lipinski definition) is 2. The summed E-state index contributed by atoms with van der Waals surface area (Å²) in [5, 5.41) is 2.47. The summed E-state index contributed by atoms with van der Waals surface area (Å²) in [6.07, 6.45) is -8.55. The third-order valence-corrected chi connectivity index (χ3v) is 3.60. The number of amides is 1. The van der Waals surface area contributed by atoms with Gasteiger partial charge in [0.05, 0.1) is 0 Å². The minimum atomic E-state index is -5.13. The predicted molar refractivity (Wildman–Crippen MR) is 80.4 cm³/mol. The molecule has 0 aliphatic rings. The molecule has 1 atom stereocenters. The molecule has 0 aliphatic heterocycles. The quantitative estimate of drug-likeness (QED) is 0.401. The minimum Gasteiger partial charge on any atom is -0.451 e. The van der Waals surface area contributed by atoms with E-state index in [0.717, 1.165) is 0 Å². The second kappa shape index (κ2) is 8.81. The van der Waals surface area contributed by atoms with Crippen LogP contribution < -0.4 is 5.32 Å². The maximum absolute atomic E-state index is 12.6. The van der Waals surface area contributed by atoms with Gasteiger partial charge in [0.15, 0.2) is 0 Å². The normalized spacial score (nSPS) is 13.1. The number of nitrogens with one attached hydrogen (secondary N) is 1. The van der Waals surface area contributed by atoms with Gasteiger partial charge in [-0.25, -0.2) is 0 Å². The van der Waals surface area contributed by atoms with Gasteiger partial charge in [-0.3, -0.25) is 14.1 Å². The van der Waals surface area contributed by atoms with E-state index in [1.165, 1.54) is 0 Å². The van der Waals surface area contributed by atoms with Gasteiger partial charge in [0, 0.05) is 18.5 Å². The van der Waals surface area contributed by atoms with E-state index >= 15 is 0 Å². The molecule has 0 bridgehead atoms. The molecular weight excluding hydrogens is 367 g/mol. The first-order valence-electron chi connectivity index (χ1n) is 7.03. The van der Waals surface area contributed by atoms with Crippen LogP contribution in [0.1, 0.15) is 23.2 Å². The van der Waals surface area contributed by atoms with Gasteiger partial charge in [-0.2, -0.15) is 21.6 Å². The number of hydrogen-bond acceptors (Lipinski definition) is 5. The molecule has 1 amide bonds. The molecule has 0 aliphatic carbocycles. The van der Waals surface area contributed by atoms with Gasteiger partial charge in [0.1, 0.15) is 5.75 Å². The van der Waals surface area contributed by atoms with Crippen LogP contribution in [0, 0.1) is 0 Å². The lowest BCUT2D eigenvalue weighted by molar-refractivity contribution is -0.215. The van der Waals surface area contributed by atoms with Crippen molar-refractivity contribution in [3.63, 3.8) is 0 Å². The molecule has 1 aromatic rings. The standard InChI is InChI=1S/C14H16F3NO6S/c15-14(16,17)11(9-25(21,22)23)24-12(19)7-4-8-18-13(20)10-5-2-1-3-6-10/h1-3,5-6,11H,4,7-9H2,(H,18,20)(H,21,22,23). The van der Waals surface area contributed by atoms with Crippen molar-refractivity contribution in [1.82, 2.24) is 5.32 Å². The summed E-state index contributed by atoms with van der Waals surface area (Å²) >= 11 is 0. The number of ether oxygens (including phenoxy) is 1. The SMILES string of the molecule is O=C(CCCNC(=O)c1ccccc1)OC(CS(=O)(=O)O)C(F)(F)F. The third kappa shape index (κ3) is 8.49. The average molecular weight is 383 g/mol. The Hall–Kier alpha value is -2.14. The largest absolute Gasteiger partial charge is 0.451 e. The van der Waals surface area contributed by atoms with Gasteiger partial charge in [0.2, 0.25) is 6.10 Å². The highest BCUT2D eigenvalue weighted by Gasteiger charge is 2.45. The lowest BCUT2D eigenvalue weighted by Gasteiger charge is -2.19. The number of alkyl halides is 3. The van der Waals surface area contributed by atoms with Crippen LogP contribution in [-0.4, -0.2) is 49.4 Å². The van der Waals surface area contributed by atoms with Gasteiger partial charge in [-0.05, 0) is 18.6 Å². The second-order valence-electron chi connectivity index (χ2n) is 4.99. The second-order valence-corrected chi connectivity index (χ2v) is 6.49. The smallest absolute Gasteiger partial charge is 0.426 e. The average Bonchev–Trinajstić information content (AvgIpc) is 2.49. The summed E-state index contributed by atoms with van der Waals surface area (Å²) in [4.78, 5) is 23.1. The van der Waals surface area contributed by atoms with Crippen LogP contribution in [0.5, 0.6) is 0 Å². The van der Waals surface area contributed by atoms with E-state index in [1.54, 1.807) is 30.3 Å². The summed E-state index contributed by atoms with van der Waals surface area (Å²) in [6, 6.07) is 8.15. The van der Waals surface area contributed by atoms with E-state index in [9.17, 15) is 31.2 Å². The van der Waals surface area contributed by atoms with Crippen molar-refractivity contribution in [1.29, 1.82) is 0 Å². The summed E-state index contributed by atoms with van der Waals surface area (Å²) in [5.41, 5.74) is 0.385. The van der Waals surface area contributed by atoms with Gasteiger partial charge < -0.3 is 10.1 Å². The van der Waals surface area contributed by atoms with Crippen molar-refractivity contribution in [3.8, 4) is 0 Å². The van der Waals surface area contributed by atoms with E-state index in [4.69, 9.17) is 4.55 Å². The molecule has 11 heteroatoms. The summed E-state index contributed by atoms with van der Waals surface area (Å²) in [6.45, 7) is 0.0117. The van der Waals surface area contributed by atoms with Crippen molar-refractivity contribution in [2.24, 2.45) is 0 Å². The zero-order chi connectivity index (χ0) is 19.1. The Balaban J connectivity index is 2.41. The molecule has 0 heterocycles. The molecule has 25 heavy (non-hydrogen) atoms. The molecule has 1 aromatic carbocycles. The number of carbonyl (C=O) groups excluding carboxylic acids is 2. The first-order valence-corrected chi connectivity index (χ1v) is 8.64. The molecular formula is C14H16F3NO6S. The molecule has 1 rings (SSSR count). The van der Waals surface area contributed by atoms with Gasteiger partial charge in [0.25, 0.3) is 16.0 Å². The fourth-order valence-electron chi connectivity index (χ4n) is 1.73. The molecule has 140 valence electrons. The molecule has 2 N–H and O–H groups in total. The van der Waals surface area contributed by atoms with Crippen LogP contribution in [0.4, 0.5) is 13.2 Å². The van der Waals surface area contributed by atoms with Gasteiger partial charge >= 0.3 is 12.1 Å². The van der Waals surface area contributed by atoms with Crippen LogP contribution in [0.25, 0.3) is 0 Å². The Labute approximate surface area is 141 Å². The van der Waals surface area contributed by atoms with Crippen molar-refractivity contribution in [3.05, 3.63) is 35.9 Å². The Bertz CT molecular complexity index is 690. The topological polar surface area (TPSA) is 110 Å². The fourth-order valence-corrected chi connectivity index (χ4v) is 2.37. The molecule has 0 aromatic heterocycles. The Morgan fingerprint density at radius 3 is 2.32 bits per heavy atom. The molecule has 0 saturated heterocycles. The van der Waals surface area contributed by atoms with E-state index in [1.807, 2.05) is 0 Å². The first-order chi connectivity index (χ1) is 11.5. The van der Waals surface area contributed by atoms with Crippen LogP contribution >= 0.6 is 0 Å². The highest BCUT2D eigenvalue weighted by atomic mass is 32.2. The van der Waals surface area contributed by atoms with Crippen molar-refractivity contribution < 1.29 is 40.5 Å². The molecule has 0 fully saturated rings. The first kappa shape index (κ1) is 20.9. The van der Waals surface area contributed by atoms with Crippen molar-refractivity contribution in [2.45, 2.75) is 25.1 Å². The maximum Gasteiger partial charge on any atom is 0.426 e. The van der Waals surface area contributed by atoms with E-state index in [-0.39, 0.29) is 13.0 Å². The van der Waals surface area contributed by atoms with E-state index < -0.39 is 46.4 Å². The van der Waals surface area contributed by atoms with Crippen LogP contribution in [-0.2, 0) is 19.6 Å². The van der Waals surface area contributed by atoms with Crippen LogP contribution in [0.15, 0.2) is 30.3 Å². The number of benzene rings is 1. The zero-order valence-corrected chi connectivity index (χ0v) is 13.6. The maximum atomic E-state index is 12.6. The van der Waals surface area contributed by atoms with Gasteiger partial charge in [-0.1, -0.05) is 18.2 Å². The number of esters is 1. The molecule has 0 saturated carbocycles. The molecule has 0 radical (unpaired) electrons. The van der Waals surface area contributed by atoms with E-state index in [2.05, 4.69) is 10.1 Å². The Morgan fingerprint density at radius 2 is 1.80 bits per heavy atom. The summed E-state index contributed by atoms with van der Waals surface area (Å²) in [5.74, 6) is -3.47. The van der Waals surface area contributed by atoms with Crippen molar-refractivity contribution in [2.75, 3.05) is 12.3 Å². The number of rotatable bonds is 8. The van der Waals surface area contributed by atoms with Crippen LogP contribution in [0.2, 0.25) is 0 Å². The molecule has 0 spiro atoms. The lowest BCUT2D eigenvalue weighted by Crippen LogP contribution is -2.39. The minimum absolute atomic E-state index is 0.00609. The van der Waals surface area contributed by atoms with Gasteiger partial charge in [-0.15, -0.1) is 0 Å². The van der Waals surface area contributed by atoms with E-state index in [0.29, 0.717) is 5.56 Å². The predicted octanol–water partition coefficient (Wildman–Crippen LogP) is 1.56. The highest BCUT2D eigenvalue weighted by molar-refractivity contribution is 7.85. The zero-order valence-electron chi connectivity index (χ0n) is 12.8. The Morgan fingerprint density at radius 1 is 1.20 bits per heavy atom. The fraction of sp³-hybridized carbons (Fsp3) is 0.429. The third-order valence-electron chi connectivity index (χ3n) is 2.88.